The minimum atomic E-state index is -1.32. The summed E-state index contributed by atoms with van der Waals surface area (Å²) in [6, 6.07) is -0.464. The monoisotopic (exact) mass is 243 g/mol. The Kier molecular flexibility index (Phi) is 3.93. The van der Waals surface area contributed by atoms with Crippen molar-refractivity contribution in [3.05, 3.63) is 0 Å². The summed E-state index contributed by atoms with van der Waals surface area (Å²) in [5, 5.41) is 13.9. The molecule has 1 aliphatic rings. The molecule has 0 spiro atoms. The second-order valence-corrected chi connectivity index (χ2v) is 4.45. The molecule has 0 bridgehead atoms. The molecule has 1 fully saturated rings. The highest BCUT2D eigenvalue weighted by Gasteiger charge is 2.31. The molecule has 0 saturated carbocycles. The van der Waals surface area contributed by atoms with Gasteiger partial charge in [-0.1, -0.05) is 0 Å². The lowest BCUT2D eigenvalue weighted by Crippen LogP contribution is -2.54. The number of carboxylic acid groups (broad SMARTS) is 1. The van der Waals surface area contributed by atoms with Crippen molar-refractivity contribution in [1.82, 2.24) is 15.5 Å². The Bertz CT molecular complexity index is 340. The molecule has 3 N–H and O–H groups in total. The second kappa shape index (κ2) is 5.03. The molecule has 17 heavy (non-hydrogen) atoms. The molecular weight excluding hydrogens is 226 g/mol. The van der Waals surface area contributed by atoms with Crippen LogP contribution in [-0.4, -0.2) is 53.1 Å². The first-order valence-corrected chi connectivity index (χ1v) is 5.40. The van der Waals surface area contributed by atoms with Crippen LogP contribution in [0.5, 0.6) is 0 Å². The largest absolute Gasteiger partial charge is 0.480 e. The van der Waals surface area contributed by atoms with Crippen LogP contribution in [0.25, 0.3) is 0 Å². The number of carbonyl (C=O) groups is 3. The molecule has 0 aromatic carbocycles. The van der Waals surface area contributed by atoms with E-state index in [0.29, 0.717) is 19.6 Å². The number of hydrogen-bond donors (Lipinski definition) is 3. The molecular formula is C10H17N3O4. The SMILES string of the molecule is CC(C)(NC(=O)N1CCNC(=O)CC1)C(=O)O. The summed E-state index contributed by atoms with van der Waals surface area (Å²) in [4.78, 5) is 35.2. The van der Waals surface area contributed by atoms with Gasteiger partial charge >= 0.3 is 12.0 Å². The Morgan fingerprint density at radius 2 is 2.06 bits per heavy atom. The average Bonchev–Trinajstić information content (AvgIpc) is 2.42. The van der Waals surface area contributed by atoms with E-state index in [9.17, 15) is 14.4 Å². The van der Waals surface area contributed by atoms with Crippen molar-refractivity contribution >= 4 is 17.9 Å². The fraction of sp³-hybridized carbons (Fsp3) is 0.700. The quantitative estimate of drug-likeness (QED) is 0.602. The lowest BCUT2D eigenvalue weighted by Gasteiger charge is -2.26. The van der Waals surface area contributed by atoms with E-state index >= 15 is 0 Å². The van der Waals surface area contributed by atoms with E-state index in [-0.39, 0.29) is 12.3 Å². The van der Waals surface area contributed by atoms with Gasteiger partial charge < -0.3 is 20.6 Å². The van der Waals surface area contributed by atoms with Gasteiger partial charge in [-0.15, -0.1) is 0 Å². The number of carboxylic acids is 1. The van der Waals surface area contributed by atoms with Gasteiger partial charge in [-0.2, -0.15) is 0 Å². The van der Waals surface area contributed by atoms with E-state index in [2.05, 4.69) is 10.6 Å². The highest BCUT2D eigenvalue weighted by atomic mass is 16.4. The first-order valence-electron chi connectivity index (χ1n) is 5.40. The third-order valence-electron chi connectivity index (χ3n) is 2.55. The Hall–Kier alpha value is -1.79. The van der Waals surface area contributed by atoms with Gasteiger partial charge in [0.15, 0.2) is 0 Å². The molecule has 0 radical (unpaired) electrons. The molecule has 0 unspecified atom stereocenters. The number of urea groups is 1. The zero-order valence-electron chi connectivity index (χ0n) is 9.95. The van der Waals surface area contributed by atoms with Crippen molar-refractivity contribution in [3.63, 3.8) is 0 Å². The smallest absolute Gasteiger partial charge is 0.328 e. The molecule has 7 heteroatoms. The summed E-state index contributed by atoms with van der Waals surface area (Å²) < 4.78 is 0. The van der Waals surface area contributed by atoms with Crippen molar-refractivity contribution < 1.29 is 19.5 Å². The molecule has 1 saturated heterocycles. The lowest BCUT2D eigenvalue weighted by molar-refractivity contribution is -0.143. The molecule has 0 aromatic rings. The number of nitrogens with one attached hydrogen (secondary N) is 2. The van der Waals surface area contributed by atoms with Crippen LogP contribution in [0.1, 0.15) is 20.3 Å². The number of carbonyl (C=O) groups excluding carboxylic acids is 2. The van der Waals surface area contributed by atoms with Crippen LogP contribution in [0.3, 0.4) is 0 Å². The molecule has 1 aliphatic heterocycles. The van der Waals surface area contributed by atoms with Crippen LogP contribution in [0.4, 0.5) is 4.79 Å². The first-order chi connectivity index (χ1) is 7.83. The van der Waals surface area contributed by atoms with Gasteiger partial charge in [-0.05, 0) is 13.8 Å². The summed E-state index contributed by atoms with van der Waals surface area (Å²) in [5.74, 6) is -1.20. The second-order valence-electron chi connectivity index (χ2n) is 4.45. The van der Waals surface area contributed by atoms with Gasteiger partial charge in [0, 0.05) is 26.1 Å². The van der Waals surface area contributed by atoms with Crippen molar-refractivity contribution in [1.29, 1.82) is 0 Å². The van der Waals surface area contributed by atoms with Crippen LogP contribution in [-0.2, 0) is 9.59 Å². The summed E-state index contributed by atoms with van der Waals surface area (Å²) in [6.07, 6.45) is 0.237. The van der Waals surface area contributed by atoms with E-state index in [1.807, 2.05) is 0 Å². The predicted octanol–water partition coefficient (Wildman–Crippen LogP) is -0.619. The fourth-order valence-electron chi connectivity index (χ4n) is 1.37. The van der Waals surface area contributed by atoms with Gasteiger partial charge in [0.1, 0.15) is 5.54 Å². The number of aliphatic carboxylic acids is 1. The van der Waals surface area contributed by atoms with Crippen LogP contribution < -0.4 is 10.6 Å². The molecule has 1 heterocycles. The van der Waals surface area contributed by atoms with E-state index in [4.69, 9.17) is 5.11 Å². The Labute approximate surface area is 99.2 Å². The van der Waals surface area contributed by atoms with Crippen molar-refractivity contribution in [2.75, 3.05) is 19.6 Å². The number of amides is 3. The van der Waals surface area contributed by atoms with Crippen LogP contribution >= 0.6 is 0 Å². The molecule has 96 valence electrons. The van der Waals surface area contributed by atoms with Gasteiger partial charge in [0.05, 0.1) is 0 Å². The summed E-state index contributed by atoms with van der Waals surface area (Å²) in [6.45, 7) is 3.89. The minimum absolute atomic E-state index is 0.0993. The maximum atomic E-state index is 11.8. The maximum Gasteiger partial charge on any atom is 0.328 e. The van der Waals surface area contributed by atoms with Crippen molar-refractivity contribution in [2.45, 2.75) is 25.8 Å². The zero-order valence-corrected chi connectivity index (χ0v) is 9.95. The first kappa shape index (κ1) is 13.3. The van der Waals surface area contributed by atoms with Crippen LogP contribution in [0.2, 0.25) is 0 Å². The van der Waals surface area contributed by atoms with E-state index in [1.54, 1.807) is 0 Å². The Morgan fingerprint density at radius 3 is 2.65 bits per heavy atom. The topological polar surface area (TPSA) is 98.7 Å². The zero-order chi connectivity index (χ0) is 13.1. The molecule has 3 amide bonds. The Balaban J connectivity index is 2.58. The maximum absolute atomic E-state index is 11.8. The predicted molar refractivity (Wildman–Crippen MR) is 59.4 cm³/mol. The van der Waals surface area contributed by atoms with E-state index in [1.165, 1.54) is 18.7 Å². The lowest BCUT2D eigenvalue weighted by atomic mass is 10.1. The minimum Gasteiger partial charge on any atom is -0.480 e. The number of rotatable bonds is 2. The van der Waals surface area contributed by atoms with E-state index < -0.39 is 17.5 Å². The Morgan fingerprint density at radius 1 is 1.41 bits per heavy atom. The molecule has 1 rings (SSSR count). The fourth-order valence-corrected chi connectivity index (χ4v) is 1.37. The van der Waals surface area contributed by atoms with Gasteiger partial charge in [0.2, 0.25) is 5.91 Å². The van der Waals surface area contributed by atoms with E-state index in [0.717, 1.165) is 0 Å². The molecule has 0 aromatic heterocycles. The number of hydrogen-bond acceptors (Lipinski definition) is 3. The van der Waals surface area contributed by atoms with Gasteiger partial charge in [-0.25, -0.2) is 9.59 Å². The molecule has 7 nitrogen and oxygen atoms in total. The van der Waals surface area contributed by atoms with Crippen molar-refractivity contribution in [2.24, 2.45) is 0 Å². The molecule has 0 aliphatic carbocycles. The number of nitrogens with zero attached hydrogens (tertiary/aromatic N) is 1. The summed E-state index contributed by atoms with van der Waals surface area (Å²) in [7, 11) is 0. The molecule has 0 atom stereocenters. The third kappa shape index (κ3) is 3.61. The van der Waals surface area contributed by atoms with Crippen LogP contribution in [0.15, 0.2) is 0 Å². The summed E-state index contributed by atoms with van der Waals surface area (Å²) in [5.41, 5.74) is -1.32. The third-order valence-corrected chi connectivity index (χ3v) is 2.55. The van der Waals surface area contributed by atoms with Gasteiger partial charge in [0.25, 0.3) is 0 Å². The highest BCUT2D eigenvalue weighted by molar-refractivity contribution is 5.86. The standard InChI is InChI=1S/C10H17N3O4/c1-10(2,8(15)16)12-9(17)13-5-3-7(14)11-4-6-13/h3-6H2,1-2H3,(H,11,14)(H,12,17)(H,15,16). The van der Waals surface area contributed by atoms with Crippen LogP contribution in [0, 0.1) is 0 Å². The van der Waals surface area contributed by atoms with Crippen molar-refractivity contribution in [3.8, 4) is 0 Å². The summed E-state index contributed by atoms with van der Waals surface area (Å²) >= 11 is 0. The average molecular weight is 243 g/mol. The highest BCUT2D eigenvalue weighted by Crippen LogP contribution is 2.05. The van der Waals surface area contributed by atoms with Gasteiger partial charge in [-0.3, -0.25) is 4.79 Å². The normalized spacial score (nSPS) is 17.1.